The number of rotatable bonds is 9. The molecule has 37 heavy (non-hydrogen) atoms. The van der Waals surface area contributed by atoms with Crippen LogP contribution in [-0.4, -0.2) is 36.3 Å². The van der Waals surface area contributed by atoms with Gasteiger partial charge in [-0.2, -0.15) is 0 Å². The predicted molar refractivity (Wildman–Crippen MR) is 152 cm³/mol. The van der Waals surface area contributed by atoms with E-state index in [-0.39, 0.29) is 17.1 Å². The zero-order chi connectivity index (χ0) is 26.5. The fourth-order valence-electron chi connectivity index (χ4n) is 3.82. The minimum atomic E-state index is -0.273. The first-order valence-corrected chi connectivity index (χ1v) is 13.5. The number of carbonyl (C=O) groups excluding carboxylic acids is 2. The van der Waals surface area contributed by atoms with Crippen molar-refractivity contribution in [3.63, 3.8) is 0 Å². The summed E-state index contributed by atoms with van der Waals surface area (Å²) in [6.45, 7) is 6.02. The normalized spacial score (nSPS) is 11.7. The van der Waals surface area contributed by atoms with Gasteiger partial charge in [0.05, 0.1) is 29.7 Å². The summed E-state index contributed by atoms with van der Waals surface area (Å²) in [5, 5.41) is 5.71. The summed E-state index contributed by atoms with van der Waals surface area (Å²) < 4.78 is 12.3. The fourth-order valence-corrected chi connectivity index (χ4v) is 6.10. The maximum atomic E-state index is 13.0. The van der Waals surface area contributed by atoms with Crippen molar-refractivity contribution in [1.29, 1.82) is 0 Å². The number of aryl methyl sites for hydroxylation is 2. The molecule has 4 rings (SSSR count). The molecule has 0 bridgehead atoms. The Morgan fingerprint density at radius 2 is 1.76 bits per heavy atom. The van der Waals surface area contributed by atoms with Gasteiger partial charge in [-0.25, -0.2) is 4.98 Å². The second kappa shape index (κ2) is 11.7. The third-order valence-electron chi connectivity index (χ3n) is 5.82. The fraction of sp³-hybridized carbons (Fsp3) is 0.250. The van der Waals surface area contributed by atoms with Crippen LogP contribution in [0.1, 0.15) is 34.8 Å². The van der Waals surface area contributed by atoms with Gasteiger partial charge in [-0.05, 0) is 68.3 Å². The van der Waals surface area contributed by atoms with E-state index in [0.29, 0.717) is 29.2 Å². The zero-order valence-electron chi connectivity index (χ0n) is 21.4. The molecule has 0 aliphatic carbocycles. The number of carbonyl (C=O) groups is 2. The lowest BCUT2D eigenvalue weighted by molar-refractivity contribution is -0.115. The van der Waals surface area contributed by atoms with Crippen LogP contribution in [0.25, 0.3) is 10.2 Å². The van der Waals surface area contributed by atoms with Crippen LogP contribution in [0.4, 0.5) is 11.4 Å². The van der Waals surface area contributed by atoms with Crippen molar-refractivity contribution < 1.29 is 19.1 Å². The van der Waals surface area contributed by atoms with Crippen LogP contribution in [0.3, 0.4) is 0 Å². The van der Waals surface area contributed by atoms with E-state index >= 15 is 0 Å². The molecule has 1 unspecified atom stereocenters. The molecular weight excluding hydrogens is 506 g/mol. The number of fused-ring (bicyclic) bond motifs is 1. The Bertz CT molecular complexity index is 1450. The monoisotopic (exact) mass is 535 g/mol. The summed E-state index contributed by atoms with van der Waals surface area (Å²) in [5.74, 6) is 0.750. The number of benzene rings is 3. The third kappa shape index (κ3) is 6.23. The molecular formula is C28H29N3O4S2. The van der Waals surface area contributed by atoms with Gasteiger partial charge in [-0.1, -0.05) is 36.4 Å². The van der Waals surface area contributed by atoms with Crippen molar-refractivity contribution >= 4 is 56.5 Å². The summed E-state index contributed by atoms with van der Waals surface area (Å²) in [6, 6.07) is 16.6. The van der Waals surface area contributed by atoms with Crippen molar-refractivity contribution in [1.82, 2.24) is 4.98 Å². The average Bonchev–Trinajstić information content (AvgIpc) is 3.30. The first-order valence-electron chi connectivity index (χ1n) is 11.8. The summed E-state index contributed by atoms with van der Waals surface area (Å²) in [6.07, 6.45) is 0.671. The Balaban J connectivity index is 1.46. The molecule has 1 atom stereocenters. The Labute approximate surface area is 224 Å². The number of ether oxygens (including phenoxy) is 2. The number of nitrogens with zero attached hydrogens (tertiary/aromatic N) is 1. The summed E-state index contributed by atoms with van der Waals surface area (Å²) >= 11 is 2.96. The molecule has 9 heteroatoms. The largest absolute Gasteiger partial charge is 0.493 e. The minimum absolute atomic E-state index is 0.0402. The first-order chi connectivity index (χ1) is 17.8. The lowest BCUT2D eigenvalue weighted by Crippen LogP contribution is -2.24. The van der Waals surface area contributed by atoms with Crippen molar-refractivity contribution in [3.05, 3.63) is 71.3 Å². The van der Waals surface area contributed by atoms with E-state index in [9.17, 15) is 9.59 Å². The highest BCUT2D eigenvalue weighted by Crippen LogP contribution is 2.35. The quantitative estimate of drug-likeness (QED) is 0.232. The summed E-state index contributed by atoms with van der Waals surface area (Å²) in [7, 11) is 3.08. The number of anilines is 2. The number of methoxy groups -OCH3 is 2. The third-order valence-corrected chi connectivity index (χ3v) is 8.29. The lowest BCUT2D eigenvalue weighted by atomic mass is 10.1. The second-order valence-corrected chi connectivity index (χ2v) is 11.0. The molecule has 0 saturated heterocycles. The standard InChI is InChI=1S/C28H29N3O4S2/c1-6-24(27(33)30-20-10-7-16(2)13-17(20)3)36-28-31-21-11-9-19(15-25(21)37-28)29-26(32)18-8-12-22(34-4)23(14-18)35-5/h7-15,24H,6H2,1-5H3,(H,29,32)(H,30,33). The average molecular weight is 536 g/mol. The number of nitrogens with one attached hydrogen (secondary N) is 2. The molecule has 0 radical (unpaired) electrons. The number of hydrogen-bond donors (Lipinski definition) is 2. The molecule has 2 N–H and O–H groups in total. The van der Waals surface area contributed by atoms with Crippen molar-refractivity contribution in [2.45, 2.75) is 36.8 Å². The smallest absolute Gasteiger partial charge is 0.255 e. The Morgan fingerprint density at radius 1 is 0.973 bits per heavy atom. The van der Waals surface area contributed by atoms with Gasteiger partial charge in [0.2, 0.25) is 5.91 Å². The van der Waals surface area contributed by atoms with Crippen LogP contribution in [0.5, 0.6) is 11.5 Å². The topological polar surface area (TPSA) is 89.6 Å². The highest BCUT2D eigenvalue weighted by Gasteiger charge is 2.21. The van der Waals surface area contributed by atoms with E-state index in [2.05, 4.69) is 16.7 Å². The number of thiazole rings is 1. The predicted octanol–water partition coefficient (Wildman–Crippen LogP) is 6.69. The lowest BCUT2D eigenvalue weighted by Gasteiger charge is -2.15. The van der Waals surface area contributed by atoms with Crippen molar-refractivity contribution in [3.8, 4) is 11.5 Å². The van der Waals surface area contributed by atoms with E-state index in [1.54, 1.807) is 25.3 Å². The van der Waals surface area contributed by atoms with Crippen LogP contribution < -0.4 is 20.1 Å². The molecule has 3 aromatic carbocycles. The van der Waals surface area contributed by atoms with Crippen LogP contribution >= 0.6 is 23.1 Å². The highest BCUT2D eigenvalue weighted by molar-refractivity contribution is 8.02. The van der Waals surface area contributed by atoms with E-state index < -0.39 is 0 Å². The zero-order valence-corrected chi connectivity index (χ0v) is 23.0. The highest BCUT2D eigenvalue weighted by atomic mass is 32.2. The Kier molecular flexibility index (Phi) is 8.35. The van der Waals surface area contributed by atoms with Crippen LogP contribution in [-0.2, 0) is 4.79 Å². The maximum absolute atomic E-state index is 13.0. The Hall–Kier alpha value is -3.56. The van der Waals surface area contributed by atoms with E-state index in [4.69, 9.17) is 14.5 Å². The van der Waals surface area contributed by atoms with E-state index in [0.717, 1.165) is 31.4 Å². The van der Waals surface area contributed by atoms with Crippen LogP contribution in [0, 0.1) is 13.8 Å². The van der Waals surface area contributed by atoms with Gasteiger partial charge < -0.3 is 20.1 Å². The van der Waals surface area contributed by atoms with E-state index in [1.165, 1.54) is 30.2 Å². The number of amides is 2. The van der Waals surface area contributed by atoms with E-state index in [1.807, 2.05) is 51.1 Å². The maximum Gasteiger partial charge on any atom is 0.255 e. The molecule has 192 valence electrons. The SMILES string of the molecule is CCC(Sc1nc2ccc(NC(=O)c3ccc(OC)c(OC)c3)cc2s1)C(=O)Nc1ccc(C)cc1C. The van der Waals surface area contributed by atoms with Gasteiger partial charge >= 0.3 is 0 Å². The molecule has 4 aromatic rings. The number of hydrogen-bond acceptors (Lipinski definition) is 7. The molecule has 1 heterocycles. The number of aromatic nitrogens is 1. The summed E-state index contributed by atoms with van der Waals surface area (Å²) in [4.78, 5) is 30.5. The molecule has 0 aliphatic rings. The minimum Gasteiger partial charge on any atom is -0.493 e. The van der Waals surface area contributed by atoms with Gasteiger partial charge in [0.1, 0.15) is 0 Å². The van der Waals surface area contributed by atoms with Gasteiger partial charge in [0.25, 0.3) is 5.91 Å². The van der Waals surface area contributed by atoms with Crippen LogP contribution in [0.15, 0.2) is 58.9 Å². The molecule has 0 saturated carbocycles. The molecule has 0 aliphatic heterocycles. The molecule has 7 nitrogen and oxygen atoms in total. The molecule has 0 spiro atoms. The Morgan fingerprint density at radius 3 is 2.46 bits per heavy atom. The molecule has 1 aromatic heterocycles. The van der Waals surface area contributed by atoms with Gasteiger partial charge in [0, 0.05) is 16.9 Å². The van der Waals surface area contributed by atoms with Crippen molar-refractivity contribution in [2.24, 2.45) is 0 Å². The van der Waals surface area contributed by atoms with Gasteiger partial charge in [-0.3, -0.25) is 9.59 Å². The molecule has 0 fully saturated rings. The van der Waals surface area contributed by atoms with Gasteiger partial charge in [0.15, 0.2) is 15.8 Å². The van der Waals surface area contributed by atoms with Gasteiger partial charge in [-0.15, -0.1) is 11.3 Å². The number of thioether (sulfide) groups is 1. The second-order valence-electron chi connectivity index (χ2n) is 8.51. The first kappa shape index (κ1) is 26.5. The molecule has 2 amide bonds. The van der Waals surface area contributed by atoms with Crippen LogP contribution in [0.2, 0.25) is 0 Å². The summed E-state index contributed by atoms with van der Waals surface area (Å²) in [5.41, 5.74) is 4.96. The van der Waals surface area contributed by atoms with Crippen molar-refractivity contribution in [2.75, 3.05) is 24.9 Å².